The maximum Gasteiger partial charge on any atom is 0.335 e. The van der Waals surface area contributed by atoms with E-state index in [-0.39, 0.29) is 11.6 Å². The first-order chi connectivity index (χ1) is 10.5. The summed E-state index contributed by atoms with van der Waals surface area (Å²) >= 11 is 6.29. The number of aromatic nitrogens is 2. The zero-order valence-corrected chi connectivity index (χ0v) is 13.0. The Morgan fingerprint density at radius 1 is 1.23 bits per heavy atom. The van der Waals surface area contributed by atoms with E-state index in [4.69, 9.17) is 11.6 Å². The van der Waals surface area contributed by atoms with Crippen LogP contribution in [0.5, 0.6) is 0 Å². The van der Waals surface area contributed by atoms with E-state index in [9.17, 15) is 9.90 Å². The van der Waals surface area contributed by atoms with E-state index < -0.39 is 5.97 Å². The van der Waals surface area contributed by atoms with Crippen LogP contribution in [0.15, 0.2) is 42.5 Å². The molecular weight excluding hydrogens is 300 g/mol. The normalized spacial score (nSPS) is 11.3. The van der Waals surface area contributed by atoms with Crippen LogP contribution in [0.3, 0.4) is 0 Å². The fourth-order valence-electron chi connectivity index (χ4n) is 2.52. The summed E-state index contributed by atoms with van der Waals surface area (Å²) in [7, 11) is 0. The van der Waals surface area contributed by atoms with Gasteiger partial charge in [-0.1, -0.05) is 29.8 Å². The molecule has 1 heterocycles. The molecule has 0 radical (unpaired) electrons. The molecule has 1 aromatic heterocycles. The Morgan fingerprint density at radius 3 is 2.59 bits per heavy atom. The van der Waals surface area contributed by atoms with Gasteiger partial charge in [-0.3, -0.25) is 4.68 Å². The van der Waals surface area contributed by atoms with Crippen molar-refractivity contribution in [2.24, 2.45) is 0 Å². The van der Waals surface area contributed by atoms with Crippen molar-refractivity contribution in [1.82, 2.24) is 9.78 Å². The molecule has 1 N–H and O–H groups in total. The van der Waals surface area contributed by atoms with Gasteiger partial charge < -0.3 is 5.11 Å². The number of rotatable bonds is 3. The lowest BCUT2D eigenvalue weighted by Gasteiger charge is -2.07. The molecule has 112 valence electrons. The van der Waals surface area contributed by atoms with Crippen LogP contribution in [0.4, 0.5) is 0 Å². The SMILES string of the molecule is CC(C)n1nc(-c2ccccc2Cl)c2ccc(C(=O)O)cc21. The molecule has 0 saturated carbocycles. The van der Waals surface area contributed by atoms with Crippen molar-refractivity contribution in [2.75, 3.05) is 0 Å². The van der Waals surface area contributed by atoms with Crippen molar-refractivity contribution >= 4 is 28.5 Å². The Bertz CT molecular complexity index is 868. The second-order valence-corrected chi connectivity index (χ2v) is 5.81. The van der Waals surface area contributed by atoms with Crippen LogP contribution >= 0.6 is 11.6 Å². The molecule has 0 saturated heterocycles. The Kier molecular flexibility index (Phi) is 3.62. The maximum atomic E-state index is 11.2. The number of carboxylic acids is 1. The predicted octanol–water partition coefficient (Wildman–Crippen LogP) is 4.64. The molecule has 0 atom stereocenters. The molecule has 22 heavy (non-hydrogen) atoms. The molecule has 0 aliphatic carbocycles. The quantitative estimate of drug-likeness (QED) is 0.766. The minimum absolute atomic E-state index is 0.114. The second kappa shape index (κ2) is 5.46. The first kappa shape index (κ1) is 14.6. The summed E-state index contributed by atoms with van der Waals surface area (Å²) < 4.78 is 1.83. The van der Waals surface area contributed by atoms with E-state index in [2.05, 4.69) is 5.10 Å². The van der Waals surface area contributed by atoms with Crippen molar-refractivity contribution in [3.8, 4) is 11.3 Å². The van der Waals surface area contributed by atoms with Crippen molar-refractivity contribution in [1.29, 1.82) is 0 Å². The number of halogens is 1. The van der Waals surface area contributed by atoms with E-state index >= 15 is 0 Å². The van der Waals surface area contributed by atoms with Crippen LogP contribution in [0.1, 0.15) is 30.2 Å². The third kappa shape index (κ3) is 2.35. The molecule has 3 rings (SSSR count). The van der Waals surface area contributed by atoms with Crippen LogP contribution in [-0.4, -0.2) is 20.9 Å². The van der Waals surface area contributed by atoms with E-state index in [1.165, 1.54) is 0 Å². The van der Waals surface area contributed by atoms with Crippen molar-refractivity contribution in [2.45, 2.75) is 19.9 Å². The number of aromatic carboxylic acids is 1. The van der Waals surface area contributed by atoms with Crippen LogP contribution in [-0.2, 0) is 0 Å². The topological polar surface area (TPSA) is 55.1 Å². The highest BCUT2D eigenvalue weighted by Crippen LogP contribution is 2.34. The van der Waals surface area contributed by atoms with Gasteiger partial charge in [-0.2, -0.15) is 5.10 Å². The van der Waals surface area contributed by atoms with Gasteiger partial charge in [0.25, 0.3) is 0 Å². The molecule has 0 aliphatic rings. The average Bonchev–Trinajstić information content (AvgIpc) is 2.86. The molecule has 0 unspecified atom stereocenters. The summed E-state index contributed by atoms with van der Waals surface area (Å²) in [4.78, 5) is 11.2. The van der Waals surface area contributed by atoms with Gasteiger partial charge in [0.1, 0.15) is 5.69 Å². The monoisotopic (exact) mass is 314 g/mol. The van der Waals surface area contributed by atoms with Crippen molar-refractivity contribution in [3.63, 3.8) is 0 Å². The van der Waals surface area contributed by atoms with E-state index in [1.54, 1.807) is 18.2 Å². The average molecular weight is 315 g/mol. The minimum Gasteiger partial charge on any atom is -0.478 e. The molecule has 0 spiro atoms. The molecular formula is C17H15ClN2O2. The first-order valence-electron chi connectivity index (χ1n) is 6.99. The number of hydrogen-bond donors (Lipinski definition) is 1. The van der Waals surface area contributed by atoms with Crippen LogP contribution in [0, 0.1) is 0 Å². The Morgan fingerprint density at radius 2 is 1.95 bits per heavy atom. The van der Waals surface area contributed by atoms with Gasteiger partial charge in [0.05, 0.1) is 16.1 Å². The zero-order chi connectivity index (χ0) is 15.9. The number of carbonyl (C=O) groups is 1. The molecule has 3 aromatic rings. The summed E-state index contributed by atoms with van der Waals surface area (Å²) in [6.45, 7) is 4.02. The maximum absolute atomic E-state index is 11.2. The summed E-state index contributed by atoms with van der Waals surface area (Å²) in [5.41, 5.74) is 2.66. The molecule has 2 aromatic carbocycles. The van der Waals surface area contributed by atoms with Crippen LogP contribution < -0.4 is 0 Å². The lowest BCUT2D eigenvalue weighted by Crippen LogP contribution is -2.03. The van der Waals surface area contributed by atoms with E-state index in [0.29, 0.717) is 5.02 Å². The summed E-state index contributed by atoms with van der Waals surface area (Å²) in [5, 5.41) is 15.4. The highest BCUT2D eigenvalue weighted by atomic mass is 35.5. The van der Waals surface area contributed by atoms with Gasteiger partial charge in [-0.25, -0.2) is 4.79 Å². The Labute approximate surface area is 132 Å². The number of hydrogen-bond acceptors (Lipinski definition) is 2. The third-order valence-electron chi connectivity index (χ3n) is 3.57. The van der Waals surface area contributed by atoms with E-state index in [0.717, 1.165) is 22.2 Å². The number of benzene rings is 2. The van der Waals surface area contributed by atoms with Crippen molar-refractivity contribution in [3.05, 3.63) is 53.1 Å². The lowest BCUT2D eigenvalue weighted by atomic mass is 10.1. The predicted molar refractivity (Wildman–Crippen MR) is 87.5 cm³/mol. The van der Waals surface area contributed by atoms with Crippen molar-refractivity contribution < 1.29 is 9.90 Å². The van der Waals surface area contributed by atoms with E-state index in [1.807, 2.05) is 42.8 Å². The number of fused-ring (bicyclic) bond motifs is 1. The van der Waals surface area contributed by atoms with Gasteiger partial charge in [0.15, 0.2) is 0 Å². The largest absolute Gasteiger partial charge is 0.478 e. The molecule has 5 heteroatoms. The highest BCUT2D eigenvalue weighted by Gasteiger charge is 2.17. The van der Waals surface area contributed by atoms with Gasteiger partial charge in [0, 0.05) is 17.0 Å². The fourth-order valence-corrected chi connectivity index (χ4v) is 2.74. The van der Waals surface area contributed by atoms with Crippen LogP contribution in [0.25, 0.3) is 22.2 Å². The van der Waals surface area contributed by atoms with Crippen LogP contribution in [0.2, 0.25) is 5.02 Å². The molecule has 0 fully saturated rings. The third-order valence-corrected chi connectivity index (χ3v) is 3.90. The highest BCUT2D eigenvalue weighted by molar-refractivity contribution is 6.33. The first-order valence-corrected chi connectivity index (χ1v) is 7.37. The summed E-state index contributed by atoms with van der Waals surface area (Å²) in [6, 6.07) is 12.7. The fraction of sp³-hybridized carbons (Fsp3) is 0.176. The zero-order valence-electron chi connectivity index (χ0n) is 12.2. The summed E-state index contributed by atoms with van der Waals surface area (Å²) in [5.74, 6) is -0.947. The number of carboxylic acid groups (broad SMARTS) is 1. The standard InChI is InChI=1S/C17H15ClN2O2/c1-10(2)20-15-9-11(17(21)22)7-8-13(15)16(19-20)12-5-3-4-6-14(12)18/h3-10H,1-2H3,(H,21,22). The molecule has 0 bridgehead atoms. The number of nitrogens with zero attached hydrogens (tertiary/aromatic N) is 2. The van der Waals surface area contributed by atoms with Gasteiger partial charge in [-0.05, 0) is 38.1 Å². The van der Waals surface area contributed by atoms with Gasteiger partial charge in [-0.15, -0.1) is 0 Å². The molecule has 4 nitrogen and oxygen atoms in total. The Hall–Kier alpha value is -2.33. The molecule has 0 aliphatic heterocycles. The minimum atomic E-state index is -0.947. The lowest BCUT2D eigenvalue weighted by molar-refractivity contribution is 0.0697. The second-order valence-electron chi connectivity index (χ2n) is 5.40. The van der Waals surface area contributed by atoms with Gasteiger partial charge in [0.2, 0.25) is 0 Å². The summed E-state index contributed by atoms with van der Waals surface area (Å²) in [6.07, 6.45) is 0. The van der Waals surface area contributed by atoms with Gasteiger partial charge >= 0.3 is 5.97 Å². The molecule has 0 amide bonds. The Balaban J connectivity index is 2.33. The smallest absolute Gasteiger partial charge is 0.335 e.